The summed E-state index contributed by atoms with van der Waals surface area (Å²) >= 11 is 3.25. The molecule has 0 aliphatic carbocycles. The van der Waals surface area contributed by atoms with Gasteiger partial charge in [0.05, 0.1) is 18.1 Å². The topological polar surface area (TPSA) is 64.6 Å². The van der Waals surface area contributed by atoms with Gasteiger partial charge in [0, 0.05) is 18.1 Å². The van der Waals surface area contributed by atoms with Gasteiger partial charge in [-0.25, -0.2) is 13.1 Å². The molecule has 0 saturated carbocycles. The molecule has 7 heteroatoms. The first-order valence-corrected chi connectivity index (χ1v) is 9.16. The van der Waals surface area contributed by atoms with Gasteiger partial charge in [-0.15, -0.1) is 0 Å². The largest absolute Gasteiger partial charge is 0.497 e. The van der Waals surface area contributed by atoms with E-state index in [1.807, 2.05) is 24.3 Å². The summed E-state index contributed by atoms with van der Waals surface area (Å²) in [7, 11) is -0.509. The van der Waals surface area contributed by atoms with Crippen LogP contribution in [0.2, 0.25) is 0 Å². The second kappa shape index (κ2) is 7.92. The van der Waals surface area contributed by atoms with Crippen LogP contribution in [-0.2, 0) is 14.8 Å². The molecule has 5 nitrogen and oxygen atoms in total. The van der Waals surface area contributed by atoms with Crippen LogP contribution in [-0.4, -0.2) is 29.2 Å². The van der Waals surface area contributed by atoms with E-state index in [0.29, 0.717) is 10.2 Å². The number of methoxy groups -OCH3 is 2. The molecule has 1 atom stereocenters. The van der Waals surface area contributed by atoms with E-state index in [-0.39, 0.29) is 11.4 Å². The van der Waals surface area contributed by atoms with Crippen LogP contribution in [0.1, 0.15) is 11.7 Å². The molecule has 0 fully saturated rings. The molecule has 0 spiro atoms. The number of hydrogen-bond donors (Lipinski definition) is 1. The predicted octanol–water partition coefficient (Wildman–Crippen LogP) is 3.12. The molecule has 0 unspecified atom stereocenters. The number of rotatable bonds is 7. The molecule has 0 aliphatic heterocycles. The highest BCUT2D eigenvalue weighted by Crippen LogP contribution is 2.23. The maximum absolute atomic E-state index is 12.4. The predicted molar refractivity (Wildman–Crippen MR) is 92.1 cm³/mol. The van der Waals surface area contributed by atoms with E-state index >= 15 is 0 Å². The number of nitrogens with one attached hydrogen (secondary N) is 1. The average Bonchev–Trinajstić information content (AvgIpc) is 2.56. The number of hydrogen-bond acceptors (Lipinski definition) is 4. The highest BCUT2D eigenvalue weighted by Gasteiger charge is 2.20. The van der Waals surface area contributed by atoms with Crippen LogP contribution in [0, 0.1) is 0 Å². The van der Waals surface area contributed by atoms with E-state index in [2.05, 4.69) is 20.7 Å². The van der Waals surface area contributed by atoms with Gasteiger partial charge in [0.15, 0.2) is 0 Å². The summed E-state index contributed by atoms with van der Waals surface area (Å²) in [5.74, 6) is 0.693. The van der Waals surface area contributed by atoms with Crippen LogP contribution >= 0.6 is 15.9 Å². The van der Waals surface area contributed by atoms with Crippen molar-refractivity contribution in [1.82, 2.24) is 4.72 Å². The van der Waals surface area contributed by atoms with E-state index in [0.717, 1.165) is 5.56 Å². The van der Waals surface area contributed by atoms with Gasteiger partial charge < -0.3 is 9.47 Å². The Hall–Kier alpha value is -1.41. The lowest BCUT2D eigenvalue weighted by Gasteiger charge is -2.17. The minimum Gasteiger partial charge on any atom is -0.497 e. The SMILES string of the molecule is COc1cccc([C@@H](CNS(=O)(=O)c2ccccc2Br)OC)c1. The third kappa shape index (κ3) is 4.54. The fraction of sp³-hybridized carbons (Fsp3) is 0.250. The minimum absolute atomic E-state index is 0.118. The molecule has 23 heavy (non-hydrogen) atoms. The van der Waals surface area contributed by atoms with Crippen LogP contribution in [0.5, 0.6) is 5.75 Å². The van der Waals surface area contributed by atoms with Gasteiger partial charge in [0.25, 0.3) is 0 Å². The summed E-state index contributed by atoms with van der Waals surface area (Å²) in [6.07, 6.45) is -0.414. The Kier molecular flexibility index (Phi) is 6.17. The quantitative estimate of drug-likeness (QED) is 0.776. The first-order valence-electron chi connectivity index (χ1n) is 6.89. The summed E-state index contributed by atoms with van der Waals surface area (Å²) in [5, 5.41) is 0. The Morgan fingerprint density at radius 1 is 1.13 bits per heavy atom. The summed E-state index contributed by atoms with van der Waals surface area (Å²) in [6, 6.07) is 14.0. The summed E-state index contributed by atoms with van der Waals surface area (Å²) in [4.78, 5) is 0.195. The van der Waals surface area contributed by atoms with Crippen LogP contribution in [0.3, 0.4) is 0 Å². The standard InChI is InChI=1S/C16H18BrNO4S/c1-21-13-7-5-6-12(10-13)15(22-2)11-18-23(19,20)16-9-4-3-8-14(16)17/h3-10,15,18H,11H2,1-2H3/t15-/m1/s1. The number of sulfonamides is 1. The zero-order valence-electron chi connectivity index (χ0n) is 12.8. The molecular formula is C16H18BrNO4S. The van der Waals surface area contributed by atoms with Gasteiger partial charge in [-0.3, -0.25) is 0 Å². The van der Waals surface area contributed by atoms with Gasteiger partial charge in [0.1, 0.15) is 5.75 Å². The Morgan fingerprint density at radius 2 is 1.87 bits per heavy atom. The lowest BCUT2D eigenvalue weighted by Crippen LogP contribution is -2.29. The Labute approximate surface area is 144 Å². The van der Waals surface area contributed by atoms with Crippen molar-refractivity contribution >= 4 is 26.0 Å². The van der Waals surface area contributed by atoms with Crippen molar-refractivity contribution in [3.8, 4) is 5.75 Å². The Balaban J connectivity index is 2.15. The molecule has 2 aromatic carbocycles. The summed E-state index contributed by atoms with van der Waals surface area (Å²) in [5.41, 5.74) is 0.835. The first kappa shape index (κ1) is 17.9. The van der Waals surface area contributed by atoms with E-state index < -0.39 is 16.1 Å². The molecule has 0 bridgehead atoms. The second-order valence-electron chi connectivity index (χ2n) is 4.78. The number of halogens is 1. The molecule has 1 N–H and O–H groups in total. The van der Waals surface area contributed by atoms with Crippen molar-refractivity contribution in [2.75, 3.05) is 20.8 Å². The third-order valence-corrected chi connectivity index (χ3v) is 5.77. The Bertz CT molecular complexity index is 764. The fourth-order valence-corrected chi connectivity index (χ4v) is 4.14. The normalized spacial score (nSPS) is 12.8. The van der Waals surface area contributed by atoms with Crippen molar-refractivity contribution in [2.45, 2.75) is 11.0 Å². The van der Waals surface area contributed by atoms with Gasteiger partial charge in [-0.1, -0.05) is 24.3 Å². The zero-order valence-corrected chi connectivity index (χ0v) is 15.2. The second-order valence-corrected chi connectivity index (χ2v) is 7.37. The van der Waals surface area contributed by atoms with Crippen LogP contribution in [0.25, 0.3) is 0 Å². The van der Waals surface area contributed by atoms with E-state index in [9.17, 15) is 8.42 Å². The van der Waals surface area contributed by atoms with Crippen LogP contribution < -0.4 is 9.46 Å². The molecule has 0 radical (unpaired) electrons. The molecule has 0 aliphatic rings. The highest BCUT2D eigenvalue weighted by molar-refractivity contribution is 9.10. The van der Waals surface area contributed by atoms with E-state index in [4.69, 9.17) is 9.47 Å². The average molecular weight is 400 g/mol. The van der Waals surface area contributed by atoms with Crippen LogP contribution in [0.4, 0.5) is 0 Å². The lowest BCUT2D eigenvalue weighted by molar-refractivity contribution is 0.107. The monoisotopic (exact) mass is 399 g/mol. The van der Waals surface area contributed by atoms with E-state index in [1.165, 1.54) is 7.11 Å². The fourth-order valence-electron chi connectivity index (χ4n) is 2.10. The maximum Gasteiger partial charge on any atom is 0.241 e. The molecule has 0 amide bonds. The summed E-state index contributed by atoms with van der Waals surface area (Å²) in [6.45, 7) is 0.118. The first-order chi connectivity index (χ1) is 11.0. The zero-order chi connectivity index (χ0) is 16.9. The molecule has 2 aromatic rings. The molecule has 0 heterocycles. The van der Waals surface area contributed by atoms with Crippen molar-refractivity contribution in [3.63, 3.8) is 0 Å². The van der Waals surface area contributed by atoms with Crippen molar-refractivity contribution in [2.24, 2.45) is 0 Å². The third-order valence-electron chi connectivity index (χ3n) is 3.34. The molecule has 2 rings (SSSR count). The van der Waals surface area contributed by atoms with Crippen molar-refractivity contribution < 1.29 is 17.9 Å². The smallest absolute Gasteiger partial charge is 0.241 e. The minimum atomic E-state index is -3.63. The van der Waals surface area contributed by atoms with Gasteiger partial charge in [-0.2, -0.15) is 0 Å². The molecule has 0 saturated heterocycles. The van der Waals surface area contributed by atoms with Crippen LogP contribution in [0.15, 0.2) is 57.9 Å². The maximum atomic E-state index is 12.4. The highest BCUT2D eigenvalue weighted by atomic mass is 79.9. The lowest BCUT2D eigenvalue weighted by atomic mass is 10.1. The Morgan fingerprint density at radius 3 is 2.52 bits per heavy atom. The van der Waals surface area contributed by atoms with Gasteiger partial charge >= 0.3 is 0 Å². The summed E-state index contributed by atoms with van der Waals surface area (Å²) < 4.78 is 38.5. The molecular weight excluding hydrogens is 382 g/mol. The van der Waals surface area contributed by atoms with Gasteiger partial charge in [0.2, 0.25) is 10.0 Å². The van der Waals surface area contributed by atoms with Crippen molar-refractivity contribution in [3.05, 3.63) is 58.6 Å². The number of ether oxygens (including phenoxy) is 2. The van der Waals surface area contributed by atoms with E-state index in [1.54, 1.807) is 31.4 Å². The number of benzene rings is 2. The molecule has 0 aromatic heterocycles. The molecule has 124 valence electrons. The van der Waals surface area contributed by atoms with Crippen molar-refractivity contribution in [1.29, 1.82) is 0 Å². The van der Waals surface area contributed by atoms with Gasteiger partial charge in [-0.05, 0) is 45.8 Å².